The van der Waals surface area contributed by atoms with Gasteiger partial charge in [-0.3, -0.25) is 14.5 Å². The summed E-state index contributed by atoms with van der Waals surface area (Å²) in [5.74, 6) is 1.49. The number of nitrogens with one attached hydrogen (secondary N) is 1. The van der Waals surface area contributed by atoms with Crippen molar-refractivity contribution in [1.29, 1.82) is 0 Å². The van der Waals surface area contributed by atoms with Gasteiger partial charge >= 0.3 is 0 Å². The number of rotatable bonds is 4. The van der Waals surface area contributed by atoms with Gasteiger partial charge in [0, 0.05) is 23.8 Å². The van der Waals surface area contributed by atoms with E-state index in [1.807, 2.05) is 18.2 Å². The first-order chi connectivity index (χ1) is 15.0. The summed E-state index contributed by atoms with van der Waals surface area (Å²) < 4.78 is 6.48. The van der Waals surface area contributed by atoms with Crippen molar-refractivity contribution in [3.05, 3.63) is 41.6 Å². The molecule has 1 aromatic rings. The van der Waals surface area contributed by atoms with E-state index in [4.69, 9.17) is 4.74 Å². The van der Waals surface area contributed by atoms with Crippen LogP contribution in [0.15, 0.2) is 30.5 Å². The molecule has 31 heavy (non-hydrogen) atoms. The highest BCUT2D eigenvalue weighted by Gasteiger charge is 2.39. The molecular weight excluding hydrogens is 390 g/mol. The van der Waals surface area contributed by atoms with Crippen LogP contribution in [0.3, 0.4) is 0 Å². The minimum absolute atomic E-state index is 0.0598. The van der Waals surface area contributed by atoms with Crippen LogP contribution < -0.4 is 10.1 Å². The number of likely N-dealkylation sites (tertiary alicyclic amines) is 1. The number of benzene rings is 1. The molecule has 1 N–H and O–H groups in total. The lowest BCUT2D eigenvalue weighted by atomic mass is 9.97. The van der Waals surface area contributed by atoms with E-state index >= 15 is 0 Å². The summed E-state index contributed by atoms with van der Waals surface area (Å²) in [5.41, 5.74) is 2.38. The molecule has 3 heterocycles. The maximum absolute atomic E-state index is 12.9. The number of amides is 2. The van der Waals surface area contributed by atoms with Crippen LogP contribution in [-0.2, 0) is 11.3 Å². The monoisotopic (exact) mass is 423 g/mol. The Balaban J connectivity index is 1.27. The molecule has 0 bridgehead atoms. The molecule has 1 aliphatic carbocycles. The largest absolute Gasteiger partial charge is 0.489 e. The van der Waals surface area contributed by atoms with Crippen LogP contribution in [-0.4, -0.2) is 52.9 Å². The molecule has 1 saturated carbocycles. The second-order valence-corrected chi connectivity index (χ2v) is 9.77. The molecule has 3 atom stereocenters. The highest BCUT2D eigenvalue weighted by Crippen LogP contribution is 2.34. The first-order valence-corrected chi connectivity index (χ1v) is 11.8. The van der Waals surface area contributed by atoms with E-state index < -0.39 is 6.04 Å². The number of hydrogen-bond acceptors (Lipinski definition) is 4. The molecule has 1 aromatic carbocycles. The van der Waals surface area contributed by atoms with Crippen LogP contribution in [0.2, 0.25) is 0 Å². The summed E-state index contributed by atoms with van der Waals surface area (Å²) in [6.07, 6.45) is 7.62. The van der Waals surface area contributed by atoms with Crippen LogP contribution in [0.25, 0.3) is 0 Å². The topological polar surface area (TPSA) is 61.9 Å². The lowest BCUT2D eigenvalue weighted by Crippen LogP contribution is -2.49. The maximum Gasteiger partial charge on any atom is 0.255 e. The van der Waals surface area contributed by atoms with Gasteiger partial charge in [0.15, 0.2) is 0 Å². The number of ether oxygens (including phenoxy) is 1. The Morgan fingerprint density at radius 1 is 1.10 bits per heavy atom. The minimum atomic E-state index is -0.421. The fraction of sp³-hybridized carbons (Fsp3) is 0.600. The van der Waals surface area contributed by atoms with Crippen LogP contribution in [0.4, 0.5) is 0 Å². The number of allylic oxidation sites excluding steroid dienone is 1. The van der Waals surface area contributed by atoms with Crippen LogP contribution in [0.5, 0.6) is 5.75 Å². The predicted molar refractivity (Wildman–Crippen MR) is 119 cm³/mol. The third-order valence-electron chi connectivity index (χ3n) is 7.60. The first-order valence-electron chi connectivity index (χ1n) is 11.8. The molecule has 0 aromatic heterocycles. The summed E-state index contributed by atoms with van der Waals surface area (Å²) in [6.45, 7) is 9.00. The Bertz CT molecular complexity index is 890. The first kappa shape index (κ1) is 20.6. The summed E-state index contributed by atoms with van der Waals surface area (Å²) in [5, 5.41) is 2.80. The van der Waals surface area contributed by atoms with E-state index in [9.17, 15) is 9.59 Å². The lowest BCUT2D eigenvalue weighted by molar-refractivity contribution is -0.126. The molecule has 4 aliphatic rings. The van der Waals surface area contributed by atoms with Crippen LogP contribution >= 0.6 is 0 Å². The maximum atomic E-state index is 12.9. The fourth-order valence-corrected chi connectivity index (χ4v) is 5.70. The molecule has 1 unspecified atom stereocenters. The molecule has 0 radical (unpaired) electrons. The van der Waals surface area contributed by atoms with Crippen molar-refractivity contribution < 1.29 is 14.3 Å². The summed E-state index contributed by atoms with van der Waals surface area (Å²) >= 11 is 0. The van der Waals surface area contributed by atoms with Gasteiger partial charge in [-0.05, 0) is 87.7 Å². The van der Waals surface area contributed by atoms with E-state index in [0.29, 0.717) is 31.0 Å². The van der Waals surface area contributed by atoms with Gasteiger partial charge in [-0.2, -0.15) is 0 Å². The van der Waals surface area contributed by atoms with Gasteiger partial charge in [-0.1, -0.05) is 13.5 Å². The van der Waals surface area contributed by atoms with Gasteiger partial charge < -0.3 is 15.0 Å². The summed E-state index contributed by atoms with van der Waals surface area (Å²) in [6, 6.07) is 5.89. The number of carbonyl (C=O) groups is 2. The van der Waals surface area contributed by atoms with Crippen molar-refractivity contribution in [1.82, 2.24) is 15.1 Å². The van der Waals surface area contributed by atoms with Crippen molar-refractivity contribution in [2.24, 2.45) is 5.92 Å². The minimum Gasteiger partial charge on any atom is -0.489 e. The standard InChI is InChI=1S/C25H33N3O3/c1-16-10-12-27(13-11-16)21-4-3-5-23(21)31-19-7-8-20-18(14-19)15-28(25(20)30)22-9-6-17(2)26-24(22)29/h7-8,14,16,21-23H,2-6,9-13,15H2,1H3,(H,26,29)/t21-,22?,23-/m0/s1. The van der Waals surface area contributed by atoms with E-state index in [1.54, 1.807) is 4.90 Å². The average Bonchev–Trinajstić information content (AvgIpc) is 3.33. The van der Waals surface area contributed by atoms with Crippen molar-refractivity contribution in [2.75, 3.05) is 13.1 Å². The Kier molecular flexibility index (Phi) is 5.51. The van der Waals surface area contributed by atoms with E-state index in [-0.39, 0.29) is 17.9 Å². The Morgan fingerprint density at radius 3 is 2.68 bits per heavy atom. The normalized spacial score (nSPS) is 29.9. The molecule has 6 nitrogen and oxygen atoms in total. The van der Waals surface area contributed by atoms with E-state index in [0.717, 1.165) is 29.3 Å². The SMILES string of the molecule is C=C1CCC(N2Cc3cc(O[C@H]4CCC[C@@H]4N4CCC(C)CC4)ccc3C2=O)C(=O)N1. The summed E-state index contributed by atoms with van der Waals surface area (Å²) in [4.78, 5) is 29.7. The van der Waals surface area contributed by atoms with Gasteiger partial charge in [0.1, 0.15) is 17.9 Å². The number of carbonyl (C=O) groups excluding carboxylic acids is 2. The second-order valence-electron chi connectivity index (χ2n) is 9.77. The molecule has 3 aliphatic heterocycles. The molecule has 5 rings (SSSR count). The van der Waals surface area contributed by atoms with E-state index in [2.05, 4.69) is 23.7 Å². The third-order valence-corrected chi connectivity index (χ3v) is 7.60. The lowest BCUT2D eigenvalue weighted by Gasteiger charge is -2.37. The highest BCUT2D eigenvalue weighted by molar-refractivity contribution is 6.01. The fourth-order valence-electron chi connectivity index (χ4n) is 5.70. The smallest absolute Gasteiger partial charge is 0.255 e. The zero-order valence-electron chi connectivity index (χ0n) is 18.4. The average molecular weight is 424 g/mol. The number of hydrogen-bond donors (Lipinski definition) is 1. The zero-order chi connectivity index (χ0) is 21.5. The molecule has 3 fully saturated rings. The van der Waals surface area contributed by atoms with Gasteiger partial charge in [0.2, 0.25) is 5.91 Å². The Morgan fingerprint density at radius 2 is 1.90 bits per heavy atom. The molecule has 6 heteroatoms. The second kappa shape index (κ2) is 8.30. The zero-order valence-corrected chi connectivity index (χ0v) is 18.4. The van der Waals surface area contributed by atoms with Crippen molar-refractivity contribution >= 4 is 11.8 Å². The van der Waals surface area contributed by atoms with Crippen molar-refractivity contribution in [3.8, 4) is 5.75 Å². The Labute approximate surface area is 184 Å². The highest BCUT2D eigenvalue weighted by atomic mass is 16.5. The number of fused-ring (bicyclic) bond motifs is 1. The van der Waals surface area contributed by atoms with Crippen LogP contribution in [0.1, 0.15) is 67.8 Å². The van der Waals surface area contributed by atoms with Crippen molar-refractivity contribution in [3.63, 3.8) is 0 Å². The van der Waals surface area contributed by atoms with Crippen molar-refractivity contribution in [2.45, 2.75) is 76.6 Å². The van der Waals surface area contributed by atoms with Gasteiger partial charge in [-0.25, -0.2) is 0 Å². The molecule has 2 amide bonds. The molecule has 0 spiro atoms. The van der Waals surface area contributed by atoms with Crippen LogP contribution in [0, 0.1) is 5.92 Å². The summed E-state index contributed by atoms with van der Waals surface area (Å²) in [7, 11) is 0. The molecular formula is C25H33N3O3. The van der Waals surface area contributed by atoms with Gasteiger partial charge in [-0.15, -0.1) is 0 Å². The van der Waals surface area contributed by atoms with Gasteiger partial charge in [0.05, 0.1) is 0 Å². The quantitative estimate of drug-likeness (QED) is 0.806. The predicted octanol–water partition coefficient (Wildman–Crippen LogP) is 3.47. The number of nitrogens with zero attached hydrogens (tertiary/aromatic N) is 2. The Hall–Kier alpha value is -2.34. The molecule has 166 valence electrons. The van der Waals surface area contributed by atoms with E-state index in [1.165, 1.54) is 38.8 Å². The molecule has 2 saturated heterocycles. The number of piperidine rings is 2. The van der Waals surface area contributed by atoms with Gasteiger partial charge in [0.25, 0.3) is 5.91 Å². The third kappa shape index (κ3) is 3.98.